The largest absolute Gasteiger partial charge is 0.349 e. The molecule has 1 aromatic carbocycles. The Morgan fingerprint density at radius 1 is 1.18 bits per heavy atom. The van der Waals surface area contributed by atoms with Crippen molar-refractivity contribution in [2.75, 3.05) is 19.3 Å². The fraction of sp³-hybridized carbons (Fsp3) is 0.500. The van der Waals surface area contributed by atoms with Crippen LogP contribution in [0, 0.1) is 6.92 Å². The molecule has 8 heteroatoms. The summed E-state index contributed by atoms with van der Waals surface area (Å²) in [4.78, 5) is 12.9. The molecular formula is C20H28N4O3S. The van der Waals surface area contributed by atoms with Crippen LogP contribution in [0.5, 0.6) is 0 Å². The van der Waals surface area contributed by atoms with Gasteiger partial charge in [-0.2, -0.15) is 5.10 Å². The van der Waals surface area contributed by atoms with Crippen LogP contribution in [0.25, 0.3) is 5.69 Å². The monoisotopic (exact) mass is 404 g/mol. The highest BCUT2D eigenvalue weighted by atomic mass is 32.2. The van der Waals surface area contributed by atoms with Gasteiger partial charge in [0.2, 0.25) is 10.0 Å². The molecule has 2 aromatic rings. The molecule has 1 aliphatic heterocycles. The highest BCUT2D eigenvalue weighted by Crippen LogP contribution is 2.24. The van der Waals surface area contributed by atoms with E-state index in [4.69, 9.17) is 0 Å². The molecule has 28 heavy (non-hydrogen) atoms. The molecule has 0 bridgehead atoms. The maximum absolute atomic E-state index is 12.9. The van der Waals surface area contributed by atoms with Gasteiger partial charge in [-0.05, 0) is 37.8 Å². The van der Waals surface area contributed by atoms with E-state index in [1.165, 1.54) is 16.1 Å². The van der Waals surface area contributed by atoms with Gasteiger partial charge in [0.05, 0.1) is 29.4 Å². The molecule has 1 saturated heterocycles. The van der Waals surface area contributed by atoms with Gasteiger partial charge in [0, 0.05) is 19.1 Å². The molecule has 0 radical (unpaired) electrons. The lowest BCUT2D eigenvalue weighted by Gasteiger charge is -2.30. The van der Waals surface area contributed by atoms with Crippen molar-refractivity contribution in [2.45, 2.75) is 45.6 Å². The molecule has 0 saturated carbocycles. The number of piperidine rings is 1. The van der Waals surface area contributed by atoms with Crippen LogP contribution in [0.1, 0.15) is 54.2 Å². The van der Waals surface area contributed by atoms with Crippen molar-refractivity contribution in [3.63, 3.8) is 0 Å². The number of carbonyl (C=O) groups excluding carboxylic acids is 1. The highest BCUT2D eigenvalue weighted by molar-refractivity contribution is 7.88. The number of hydrogen-bond donors (Lipinski definition) is 1. The second kappa shape index (κ2) is 8.05. The van der Waals surface area contributed by atoms with Gasteiger partial charge in [-0.3, -0.25) is 4.79 Å². The Bertz CT molecular complexity index is 940. The van der Waals surface area contributed by atoms with Gasteiger partial charge in [0.15, 0.2) is 0 Å². The molecule has 1 N–H and O–H groups in total. The molecule has 0 unspecified atom stereocenters. The first-order valence-electron chi connectivity index (χ1n) is 9.57. The first-order chi connectivity index (χ1) is 13.2. The van der Waals surface area contributed by atoms with E-state index in [2.05, 4.69) is 10.4 Å². The van der Waals surface area contributed by atoms with E-state index in [1.807, 2.05) is 49.7 Å². The van der Waals surface area contributed by atoms with Gasteiger partial charge in [0.1, 0.15) is 0 Å². The Kier molecular flexibility index (Phi) is 5.90. The van der Waals surface area contributed by atoms with Gasteiger partial charge in [-0.25, -0.2) is 17.4 Å². The lowest BCUT2D eigenvalue weighted by atomic mass is 10.0. The third-order valence-electron chi connectivity index (χ3n) is 5.13. The number of amides is 1. The minimum Gasteiger partial charge on any atom is -0.349 e. The lowest BCUT2D eigenvalue weighted by molar-refractivity contribution is 0.0922. The van der Waals surface area contributed by atoms with E-state index in [1.54, 1.807) is 6.20 Å². The molecule has 1 amide bonds. The van der Waals surface area contributed by atoms with Crippen LogP contribution in [-0.4, -0.2) is 53.8 Å². The number of aromatic nitrogens is 2. The van der Waals surface area contributed by atoms with Crippen molar-refractivity contribution in [1.29, 1.82) is 0 Å². The van der Waals surface area contributed by atoms with Gasteiger partial charge < -0.3 is 5.32 Å². The Morgan fingerprint density at radius 2 is 1.79 bits per heavy atom. The van der Waals surface area contributed by atoms with Gasteiger partial charge >= 0.3 is 0 Å². The zero-order chi connectivity index (χ0) is 20.5. The quantitative estimate of drug-likeness (QED) is 0.830. The van der Waals surface area contributed by atoms with Crippen molar-refractivity contribution in [3.05, 3.63) is 47.3 Å². The van der Waals surface area contributed by atoms with E-state index < -0.39 is 10.0 Å². The molecule has 2 heterocycles. The van der Waals surface area contributed by atoms with Gasteiger partial charge in [-0.15, -0.1) is 0 Å². The van der Waals surface area contributed by atoms with Crippen molar-refractivity contribution >= 4 is 15.9 Å². The van der Waals surface area contributed by atoms with Crippen molar-refractivity contribution < 1.29 is 13.2 Å². The molecule has 3 rings (SSSR count). The fourth-order valence-corrected chi connectivity index (χ4v) is 4.45. The van der Waals surface area contributed by atoms with Crippen molar-refractivity contribution in [2.24, 2.45) is 0 Å². The topological polar surface area (TPSA) is 84.3 Å². The van der Waals surface area contributed by atoms with Crippen molar-refractivity contribution in [3.8, 4) is 5.69 Å². The summed E-state index contributed by atoms with van der Waals surface area (Å²) in [6, 6.07) is 8.01. The number of carbonyl (C=O) groups is 1. The van der Waals surface area contributed by atoms with Crippen LogP contribution >= 0.6 is 0 Å². The third kappa shape index (κ3) is 4.44. The number of sulfonamides is 1. The average molecular weight is 405 g/mol. The normalized spacial score (nSPS) is 16.5. The highest BCUT2D eigenvalue weighted by Gasteiger charge is 2.28. The van der Waals surface area contributed by atoms with E-state index in [0.717, 1.165) is 11.4 Å². The lowest BCUT2D eigenvalue weighted by Crippen LogP contribution is -2.46. The summed E-state index contributed by atoms with van der Waals surface area (Å²) in [6.07, 6.45) is 4.07. The summed E-state index contributed by atoms with van der Waals surface area (Å²) in [6.45, 7) is 6.99. The van der Waals surface area contributed by atoms with Crippen molar-refractivity contribution in [1.82, 2.24) is 19.4 Å². The predicted octanol–water partition coefficient (Wildman–Crippen LogP) is 2.46. The van der Waals surface area contributed by atoms with Gasteiger partial charge in [-0.1, -0.05) is 31.5 Å². The average Bonchev–Trinajstić information content (AvgIpc) is 3.07. The number of aryl methyl sites for hydroxylation is 1. The summed E-state index contributed by atoms with van der Waals surface area (Å²) in [5.74, 6) is -0.0310. The number of nitrogens with zero attached hydrogens (tertiary/aromatic N) is 3. The van der Waals surface area contributed by atoms with E-state index in [9.17, 15) is 13.2 Å². The maximum atomic E-state index is 12.9. The zero-order valence-corrected chi connectivity index (χ0v) is 17.7. The Labute approximate surface area is 166 Å². The molecule has 1 aliphatic rings. The van der Waals surface area contributed by atoms with E-state index in [-0.39, 0.29) is 17.9 Å². The summed E-state index contributed by atoms with van der Waals surface area (Å²) in [7, 11) is -3.17. The SMILES string of the molecule is Cc1ccc(-n2ncc(C(=O)NC3CCN(S(C)(=O)=O)CC3)c2C(C)C)cc1. The fourth-order valence-electron chi connectivity index (χ4n) is 3.58. The molecular weight excluding hydrogens is 376 g/mol. The molecule has 7 nitrogen and oxygen atoms in total. The standard InChI is InChI=1S/C20H28N4O3S/c1-14(2)19-18(13-21-24(19)17-7-5-15(3)6-8-17)20(25)22-16-9-11-23(12-10-16)28(4,26)27/h5-8,13-14,16H,9-12H2,1-4H3,(H,22,25). The molecule has 1 aromatic heterocycles. The maximum Gasteiger partial charge on any atom is 0.255 e. The minimum atomic E-state index is -3.17. The summed E-state index contributed by atoms with van der Waals surface area (Å²) in [5, 5.41) is 7.53. The molecule has 0 aliphatic carbocycles. The number of hydrogen-bond acceptors (Lipinski definition) is 4. The predicted molar refractivity (Wildman–Crippen MR) is 109 cm³/mol. The number of nitrogens with one attached hydrogen (secondary N) is 1. The molecule has 0 atom stereocenters. The summed E-state index contributed by atoms with van der Waals surface area (Å²) in [5.41, 5.74) is 3.53. The number of rotatable bonds is 5. The summed E-state index contributed by atoms with van der Waals surface area (Å²) < 4.78 is 26.6. The Hall–Kier alpha value is -2.19. The first kappa shape index (κ1) is 20.5. The number of benzene rings is 1. The van der Waals surface area contributed by atoms with Crippen LogP contribution < -0.4 is 5.32 Å². The van der Waals surface area contributed by atoms with E-state index >= 15 is 0 Å². The second-order valence-electron chi connectivity index (χ2n) is 7.76. The first-order valence-corrected chi connectivity index (χ1v) is 11.4. The van der Waals surface area contributed by atoms with Crippen LogP contribution in [0.3, 0.4) is 0 Å². The Morgan fingerprint density at radius 3 is 2.32 bits per heavy atom. The zero-order valence-electron chi connectivity index (χ0n) is 16.8. The van der Waals surface area contributed by atoms with Crippen LogP contribution in [0.2, 0.25) is 0 Å². The van der Waals surface area contributed by atoms with Crippen LogP contribution in [0.15, 0.2) is 30.5 Å². The smallest absolute Gasteiger partial charge is 0.255 e. The van der Waals surface area contributed by atoms with Gasteiger partial charge in [0.25, 0.3) is 5.91 Å². The third-order valence-corrected chi connectivity index (χ3v) is 6.44. The van der Waals surface area contributed by atoms with Crippen LogP contribution in [0.4, 0.5) is 0 Å². The van der Waals surface area contributed by atoms with Crippen LogP contribution in [-0.2, 0) is 10.0 Å². The van der Waals surface area contributed by atoms with E-state index in [0.29, 0.717) is 31.5 Å². The molecule has 152 valence electrons. The molecule has 0 spiro atoms. The second-order valence-corrected chi connectivity index (χ2v) is 9.74. The summed E-state index contributed by atoms with van der Waals surface area (Å²) >= 11 is 0. The Balaban J connectivity index is 1.76. The minimum absolute atomic E-state index is 0.0340. The molecule has 1 fully saturated rings.